The Bertz CT molecular complexity index is 692. The molecular weight excluding hydrogens is 351 g/mol. The van der Waals surface area contributed by atoms with Gasteiger partial charge in [0.1, 0.15) is 5.82 Å². The maximum Gasteiger partial charge on any atom is 0.230 e. The van der Waals surface area contributed by atoms with Crippen molar-refractivity contribution in [3.8, 4) is 0 Å². The Labute approximate surface area is 147 Å². The van der Waals surface area contributed by atoms with Crippen molar-refractivity contribution in [1.82, 2.24) is 15.5 Å². The molecule has 1 aliphatic heterocycles. The van der Waals surface area contributed by atoms with Gasteiger partial charge >= 0.3 is 0 Å². The maximum absolute atomic E-state index is 13.6. The van der Waals surface area contributed by atoms with Crippen LogP contribution in [0.4, 0.5) is 15.2 Å². The van der Waals surface area contributed by atoms with E-state index in [1.165, 1.54) is 29.2 Å². The van der Waals surface area contributed by atoms with Crippen LogP contribution < -0.4 is 10.6 Å². The molecule has 1 aliphatic rings. The lowest BCUT2D eigenvalue weighted by atomic mass is 10.2. The molecule has 2 N–H and O–H groups in total. The predicted octanol–water partition coefficient (Wildman–Crippen LogP) is 2.81. The Balaban J connectivity index is 1.44. The molecule has 1 saturated heterocycles. The molecule has 24 heavy (non-hydrogen) atoms. The number of nitrogens with zero attached hydrogens (tertiary/aromatic N) is 2. The van der Waals surface area contributed by atoms with Crippen molar-refractivity contribution in [1.29, 1.82) is 0 Å². The van der Waals surface area contributed by atoms with Crippen LogP contribution in [-0.2, 0) is 9.53 Å². The van der Waals surface area contributed by atoms with Gasteiger partial charge in [-0.3, -0.25) is 4.79 Å². The molecule has 0 spiro atoms. The Hall–Kier alpha value is -1.71. The SMILES string of the molecule is O=C(CSc1nnc(Nc2ccccc2F)s1)NC[C@H]1CCCO1. The molecular formula is C15H17FN4O2S2. The number of ether oxygens (including phenoxy) is 1. The summed E-state index contributed by atoms with van der Waals surface area (Å²) in [5, 5.41) is 14.2. The zero-order valence-corrected chi connectivity index (χ0v) is 14.5. The highest BCUT2D eigenvalue weighted by molar-refractivity contribution is 8.01. The van der Waals surface area contributed by atoms with E-state index in [4.69, 9.17) is 4.74 Å². The van der Waals surface area contributed by atoms with Crippen molar-refractivity contribution in [3.05, 3.63) is 30.1 Å². The summed E-state index contributed by atoms with van der Waals surface area (Å²) in [6, 6.07) is 6.36. The number of benzene rings is 1. The van der Waals surface area contributed by atoms with E-state index in [9.17, 15) is 9.18 Å². The Morgan fingerprint density at radius 2 is 2.29 bits per heavy atom. The van der Waals surface area contributed by atoms with Gasteiger partial charge in [0.2, 0.25) is 11.0 Å². The zero-order chi connectivity index (χ0) is 16.8. The first-order valence-electron chi connectivity index (χ1n) is 7.57. The van der Waals surface area contributed by atoms with Crippen molar-refractivity contribution >= 4 is 39.8 Å². The molecule has 6 nitrogen and oxygen atoms in total. The van der Waals surface area contributed by atoms with E-state index in [-0.39, 0.29) is 23.6 Å². The molecule has 2 heterocycles. The molecule has 1 aromatic heterocycles. The number of rotatable bonds is 7. The van der Waals surface area contributed by atoms with Gasteiger partial charge in [0.05, 0.1) is 17.5 Å². The lowest BCUT2D eigenvalue weighted by Gasteiger charge is -2.09. The van der Waals surface area contributed by atoms with E-state index < -0.39 is 0 Å². The molecule has 128 valence electrons. The van der Waals surface area contributed by atoms with Gasteiger partial charge in [0.15, 0.2) is 4.34 Å². The van der Waals surface area contributed by atoms with Crippen LogP contribution >= 0.6 is 23.1 Å². The molecule has 0 aliphatic carbocycles. The topological polar surface area (TPSA) is 76.1 Å². The Morgan fingerprint density at radius 1 is 1.42 bits per heavy atom. The number of nitrogens with one attached hydrogen (secondary N) is 2. The minimum atomic E-state index is -0.351. The van der Waals surface area contributed by atoms with Gasteiger partial charge in [-0.1, -0.05) is 35.2 Å². The number of anilines is 2. The minimum Gasteiger partial charge on any atom is -0.376 e. The molecule has 0 radical (unpaired) electrons. The fraction of sp³-hybridized carbons (Fsp3) is 0.400. The maximum atomic E-state index is 13.6. The van der Waals surface area contributed by atoms with Crippen molar-refractivity contribution < 1.29 is 13.9 Å². The molecule has 1 amide bonds. The standard InChI is InChI=1S/C15H17FN4O2S2/c16-11-5-1-2-6-12(11)18-14-19-20-15(24-14)23-9-13(21)17-8-10-4-3-7-22-10/h1-2,5-6,10H,3-4,7-9H2,(H,17,21)(H,18,19)/t10-/m1/s1. The third-order valence-corrected chi connectivity index (χ3v) is 5.37. The van der Waals surface area contributed by atoms with Crippen LogP contribution in [0.15, 0.2) is 28.6 Å². The van der Waals surface area contributed by atoms with E-state index in [2.05, 4.69) is 20.8 Å². The first-order chi connectivity index (χ1) is 11.7. The number of carbonyl (C=O) groups excluding carboxylic acids is 1. The van der Waals surface area contributed by atoms with Crippen LogP contribution in [0.2, 0.25) is 0 Å². The molecule has 0 bridgehead atoms. The van der Waals surface area contributed by atoms with Gasteiger partial charge < -0.3 is 15.4 Å². The highest BCUT2D eigenvalue weighted by Gasteiger charge is 2.16. The van der Waals surface area contributed by atoms with Crippen LogP contribution in [0.1, 0.15) is 12.8 Å². The Kier molecular flexibility index (Phi) is 6.00. The summed E-state index contributed by atoms with van der Waals surface area (Å²) in [5.41, 5.74) is 0.347. The van der Waals surface area contributed by atoms with Crippen molar-refractivity contribution in [2.45, 2.75) is 23.3 Å². The lowest BCUT2D eigenvalue weighted by molar-refractivity contribution is -0.119. The fourth-order valence-electron chi connectivity index (χ4n) is 2.21. The smallest absolute Gasteiger partial charge is 0.230 e. The van der Waals surface area contributed by atoms with Crippen molar-refractivity contribution in [2.24, 2.45) is 0 Å². The second kappa shape index (κ2) is 8.41. The van der Waals surface area contributed by atoms with Crippen LogP contribution in [0.3, 0.4) is 0 Å². The fourth-order valence-corrected chi connectivity index (χ4v) is 3.80. The summed E-state index contributed by atoms with van der Waals surface area (Å²) in [6.07, 6.45) is 2.18. The van der Waals surface area contributed by atoms with Gasteiger partial charge in [-0.15, -0.1) is 10.2 Å². The summed E-state index contributed by atoms with van der Waals surface area (Å²) < 4.78 is 19.7. The van der Waals surface area contributed by atoms with E-state index in [0.29, 0.717) is 21.7 Å². The molecule has 9 heteroatoms. The third kappa shape index (κ3) is 4.89. The summed E-state index contributed by atoms with van der Waals surface area (Å²) in [4.78, 5) is 11.8. The van der Waals surface area contributed by atoms with Crippen LogP contribution in [0.5, 0.6) is 0 Å². The minimum absolute atomic E-state index is 0.0608. The highest BCUT2D eigenvalue weighted by atomic mass is 32.2. The van der Waals surface area contributed by atoms with E-state index in [1.807, 2.05) is 0 Å². The lowest BCUT2D eigenvalue weighted by Crippen LogP contribution is -2.32. The predicted molar refractivity (Wildman–Crippen MR) is 92.3 cm³/mol. The van der Waals surface area contributed by atoms with E-state index >= 15 is 0 Å². The second-order valence-corrected chi connectivity index (χ2v) is 7.41. The average molecular weight is 368 g/mol. The molecule has 0 saturated carbocycles. The monoisotopic (exact) mass is 368 g/mol. The number of para-hydroxylation sites is 1. The normalized spacial score (nSPS) is 17.0. The number of halogens is 1. The van der Waals surface area contributed by atoms with Crippen molar-refractivity contribution in [3.63, 3.8) is 0 Å². The molecule has 0 unspecified atom stereocenters. The molecule has 1 fully saturated rings. The number of carbonyl (C=O) groups is 1. The number of hydrogen-bond acceptors (Lipinski definition) is 7. The van der Waals surface area contributed by atoms with Gasteiger partial charge in [0.25, 0.3) is 0 Å². The molecule has 3 rings (SSSR count). The summed E-state index contributed by atoms with van der Waals surface area (Å²) in [5.74, 6) is -0.147. The highest BCUT2D eigenvalue weighted by Crippen LogP contribution is 2.28. The summed E-state index contributed by atoms with van der Waals surface area (Å²) in [6.45, 7) is 1.33. The molecule has 2 aromatic rings. The zero-order valence-electron chi connectivity index (χ0n) is 12.8. The number of aromatic nitrogens is 2. The quantitative estimate of drug-likeness (QED) is 0.732. The van der Waals surface area contributed by atoms with Crippen LogP contribution in [-0.4, -0.2) is 41.1 Å². The van der Waals surface area contributed by atoms with Crippen LogP contribution in [0, 0.1) is 5.82 Å². The molecule has 1 atom stereocenters. The van der Waals surface area contributed by atoms with Crippen molar-refractivity contribution in [2.75, 3.05) is 24.2 Å². The van der Waals surface area contributed by atoms with E-state index in [0.717, 1.165) is 19.4 Å². The van der Waals surface area contributed by atoms with Gasteiger partial charge in [-0.2, -0.15) is 0 Å². The van der Waals surface area contributed by atoms with Gasteiger partial charge in [-0.25, -0.2) is 4.39 Å². The summed E-state index contributed by atoms with van der Waals surface area (Å²) in [7, 11) is 0. The van der Waals surface area contributed by atoms with Gasteiger partial charge in [-0.05, 0) is 25.0 Å². The largest absolute Gasteiger partial charge is 0.376 e. The first kappa shape index (κ1) is 17.1. The number of amides is 1. The third-order valence-electron chi connectivity index (χ3n) is 3.40. The number of hydrogen-bond donors (Lipinski definition) is 2. The van der Waals surface area contributed by atoms with Crippen LogP contribution in [0.25, 0.3) is 0 Å². The van der Waals surface area contributed by atoms with Gasteiger partial charge in [0, 0.05) is 13.2 Å². The Morgan fingerprint density at radius 3 is 3.08 bits per heavy atom. The average Bonchev–Trinajstić information content (AvgIpc) is 3.25. The summed E-state index contributed by atoms with van der Waals surface area (Å²) >= 11 is 2.58. The first-order valence-corrected chi connectivity index (χ1v) is 9.37. The van der Waals surface area contributed by atoms with E-state index in [1.54, 1.807) is 18.2 Å². The molecule has 1 aromatic carbocycles. The number of thioether (sulfide) groups is 1. The second-order valence-electron chi connectivity index (χ2n) is 5.21.